The average Bonchev–Trinajstić information content (AvgIpc) is 2.47. The molecule has 1 saturated heterocycles. The van der Waals surface area contributed by atoms with Crippen molar-refractivity contribution in [3.05, 3.63) is 30.1 Å². The highest BCUT2D eigenvalue weighted by Gasteiger charge is 2.43. The SMILES string of the molecule is O=C(Cc1cccnc1)N1CCC2(O)CCCCC2C1. The molecule has 2 unspecified atom stereocenters. The molecular weight excluding hydrogens is 252 g/mol. The molecule has 2 aliphatic rings. The largest absolute Gasteiger partial charge is 0.389 e. The summed E-state index contributed by atoms with van der Waals surface area (Å²) >= 11 is 0. The molecule has 20 heavy (non-hydrogen) atoms. The third kappa shape index (κ3) is 2.70. The highest BCUT2D eigenvalue weighted by atomic mass is 16.3. The zero-order valence-electron chi connectivity index (χ0n) is 11.8. The van der Waals surface area contributed by atoms with Crippen molar-refractivity contribution in [1.29, 1.82) is 0 Å². The third-order valence-electron chi connectivity index (χ3n) is 4.86. The molecule has 1 aromatic rings. The van der Waals surface area contributed by atoms with E-state index in [9.17, 15) is 9.90 Å². The van der Waals surface area contributed by atoms with Crippen LogP contribution < -0.4 is 0 Å². The van der Waals surface area contributed by atoms with E-state index in [4.69, 9.17) is 0 Å². The summed E-state index contributed by atoms with van der Waals surface area (Å²) in [5.41, 5.74) is 0.450. The van der Waals surface area contributed by atoms with Gasteiger partial charge in [-0.15, -0.1) is 0 Å². The maximum atomic E-state index is 12.4. The number of amides is 1. The van der Waals surface area contributed by atoms with E-state index in [0.717, 1.165) is 37.8 Å². The number of carbonyl (C=O) groups is 1. The number of aliphatic hydroxyl groups is 1. The zero-order valence-corrected chi connectivity index (χ0v) is 11.8. The molecule has 2 heterocycles. The smallest absolute Gasteiger partial charge is 0.227 e. The molecule has 1 N–H and O–H groups in total. The summed E-state index contributed by atoms with van der Waals surface area (Å²) in [4.78, 5) is 18.3. The minimum Gasteiger partial charge on any atom is -0.389 e. The van der Waals surface area contributed by atoms with Crippen LogP contribution in [0.15, 0.2) is 24.5 Å². The fraction of sp³-hybridized carbons (Fsp3) is 0.625. The van der Waals surface area contributed by atoms with E-state index in [0.29, 0.717) is 13.0 Å². The Morgan fingerprint density at radius 2 is 2.35 bits per heavy atom. The van der Waals surface area contributed by atoms with Crippen LogP contribution in [0.2, 0.25) is 0 Å². The van der Waals surface area contributed by atoms with Crippen LogP contribution in [0.3, 0.4) is 0 Å². The lowest BCUT2D eigenvalue weighted by molar-refractivity contribution is -0.142. The van der Waals surface area contributed by atoms with Gasteiger partial charge in [-0.2, -0.15) is 0 Å². The summed E-state index contributed by atoms with van der Waals surface area (Å²) < 4.78 is 0. The first kappa shape index (κ1) is 13.6. The molecule has 4 nitrogen and oxygen atoms in total. The van der Waals surface area contributed by atoms with Gasteiger partial charge in [0.1, 0.15) is 0 Å². The summed E-state index contributed by atoms with van der Waals surface area (Å²) in [6.45, 7) is 1.40. The van der Waals surface area contributed by atoms with E-state index in [1.807, 2.05) is 17.0 Å². The minimum absolute atomic E-state index is 0.158. The fourth-order valence-corrected chi connectivity index (χ4v) is 3.59. The normalized spacial score (nSPS) is 29.9. The Balaban J connectivity index is 1.63. The van der Waals surface area contributed by atoms with Crippen molar-refractivity contribution in [1.82, 2.24) is 9.88 Å². The Morgan fingerprint density at radius 1 is 1.45 bits per heavy atom. The number of likely N-dealkylation sites (tertiary alicyclic amines) is 1. The van der Waals surface area contributed by atoms with Gasteiger partial charge >= 0.3 is 0 Å². The number of aromatic nitrogens is 1. The lowest BCUT2D eigenvalue weighted by Crippen LogP contribution is -2.54. The minimum atomic E-state index is -0.511. The molecule has 4 heteroatoms. The topological polar surface area (TPSA) is 53.4 Å². The second-order valence-electron chi connectivity index (χ2n) is 6.17. The predicted molar refractivity (Wildman–Crippen MR) is 76.0 cm³/mol. The average molecular weight is 274 g/mol. The van der Waals surface area contributed by atoms with Gasteiger partial charge in [-0.3, -0.25) is 9.78 Å². The highest BCUT2D eigenvalue weighted by molar-refractivity contribution is 5.78. The predicted octanol–water partition coefficient (Wildman–Crippen LogP) is 1.78. The second kappa shape index (κ2) is 5.52. The lowest BCUT2D eigenvalue weighted by Gasteiger charge is -2.47. The number of hydrogen-bond acceptors (Lipinski definition) is 3. The van der Waals surface area contributed by atoms with Crippen LogP contribution in [0.5, 0.6) is 0 Å². The van der Waals surface area contributed by atoms with Crippen molar-refractivity contribution in [2.45, 2.75) is 44.1 Å². The molecule has 3 rings (SSSR count). The highest BCUT2D eigenvalue weighted by Crippen LogP contribution is 2.39. The van der Waals surface area contributed by atoms with Gasteiger partial charge in [0, 0.05) is 31.4 Å². The summed E-state index contributed by atoms with van der Waals surface area (Å²) in [6.07, 6.45) is 8.87. The molecule has 2 atom stereocenters. The number of fused-ring (bicyclic) bond motifs is 1. The molecule has 0 aromatic carbocycles. The summed E-state index contributed by atoms with van der Waals surface area (Å²) in [5.74, 6) is 0.425. The van der Waals surface area contributed by atoms with Gasteiger partial charge in [-0.25, -0.2) is 0 Å². The first-order valence-corrected chi connectivity index (χ1v) is 7.56. The first-order chi connectivity index (χ1) is 9.67. The van der Waals surface area contributed by atoms with Gasteiger partial charge < -0.3 is 10.0 Å². The Labute approximate surface area is 119 Å². The lowest BCUT2D eigenvalue weighted by atomic mass is 9.71. The Morgan fingerprint density at radius 3 is 3.15 bits per heavy atom. The monoisotopic (exact) mass is 274 g/mol. The van der Waals surface area contributed by atoms with Crippen LogP contribution in [-0.2, 0) is 11.2 Å². The molecule has 2 fully saturated rings. The summed E-state index contributed by atoms with van der Waals surface area (Å²) in [6, 6.07) is 3.80. The molecule has 0 radical (unpaired) electrons. The van der Waals surface area contributed by atoms with Gasteiger partial charge in [0.15, 0.2) is 0 Å². The van der Waals surface area contributed by atoms with E-state index >= 15 is 0 Å². The molecule has 0 bridgehead atoms. The maximum absolute atomic E-state index is 12.4. The molecule has 1 aliphatic carbocycles. The quantitative estimate of drug-likeness (QED) is 0.894. The first-order valence-electron chi connectivity index (χ1n) is 7.56. The van der Waals surface area contributed by atoms with Crippen LogP contribution >= 0.6 is 0 Å². The van der Waals surface area contributed by atoms with Crippen molar-refractivity contribution in [3.63, 3.8) is 0 Å². The van der Waals surface area contributed by atoms with Gasteiger partial charge in [0.25, 0.3) is 0 Å². The van der Waals surface area contributed by atoms with E-state index < -0.39 is 5.60 Å². The number of hydrogen-bond donors (Lipinski definition) is 1. The molecular formula is C16H22N2O2. The summed E-state index contributed by atoms with van der Waals surface area (Å²) in [7, 11) is 0. The number of rotatable bonds is 2. The Hall–Kier alpha value is -1.42. The number of nitrogens with zero attached hydrogens (tertiary/aromatic N) is 2. The van der Waals surface area contributed by atoms with Crippen molar-refractivity contribution in [2.75, 3.05) is 13.1 Å². The second-order valence-corrected chi connectivity index (χ2v) is 6.17. The number of piperidine rings is 1. The van der Waals surface area contributed by atoms with Crippen molar-refractivity contribution in [3.8, 4) is 0 Å². The Kier molecular flexibility index (Phi) is 3.74. The molecule has 1 aromatic heterocycles. The number of pyridine rings is 1. The van der Waals surface area contributed by atoms with Crippen LogP contribution in [-0.4, -0.2) is 39.6 Å². The number of carbonyl (C=O) groups excluding carboxylic acids is 1. The van der Waals surface area contributed by atoms with Gasteiger partial charge in [0.05, 0.1) is 12.0 Å². The molecule has 1 saturated carbocycles. The van der Waals surface area contributed by atoms with Crippen molar-refractivity contribution < 1.29 is 9.90 Å². The van der Waals surface area contributed by atoms with E-state index in [1.165, 1.54) is 6.42 Å². The van der Waals surface area contributed by atoms with Crippen LogP contribution in [0, 0.1) is 5.92 Å². The van der Waals surface area contributed by atoms with Crippen molar-refractivity contribution >= 4 is 5.91 Å². The van der Waals surface area contributed by atoms with Gasteiger partial charge in [-0.1, -0.05) is 18.9 Å². The van der Waals surface area contributed by atoms with Crippen LogP contribution in [0.4, 0.5) is 0 Å². The Bertz CT molecular complexity index is 477. The summed E-state index contributed by atoms with van der Waals surface area (Å²) in [5, 5.41) is 10.6. The van der Waals surface area contributed by atoms with Crippen LogP contribution in [0.1, 0.15) is 37.7 Å². The van der Waals surface area contributed by atoms with E-state index in [-0.39, 0.29) is 11.8 Å². The van der Waals surface area contributed by atoms with E-state index in [2.05, 4.69) is 4.98 Å². The van der Waals surface area contributed by atoms with Crippen molar-refractivity contribution in [2.24, 2.45) is 5.92 Å². The fourth-order valence-electron chi connectivity index (χ4n) is 3.59. The van der Waals surface area contributed by atoms with E-state index in [1.54, 1.807) is 12.4 Å². The molecule has 1 amide bonds. The molecule has 108 valence electrons. The molecule has 0 spiro atoms. The zero-order chi connectivity index (χ0) is 14.0. The van der Waals surface area contributed by atoms with Crippen LogP contribution in [0.25, 0.3) is 0 Å². The van der Waals surface area contributed by atoms with Gasteiger partial charge in [-0.05, 0) is 30.9 Å². The maximum Gasteiger partial charge on any atom is 0.227 e. The molecule has 1 aliphatic heterocycles. The van der Waals surface area contributed by atoms with Gasteiger partial charge in [0.2, 0.25) is 5.91 Å². The standard InChI is InChI=1S/C16H22N2O2/c19-15(10-13-4-3-8-17-11-13)18-9-7-16(20)6-2-1-5-14(16)12-18/h3-4,8,11,14,20H,1-2,5-7,9-10,12H2. The third-order valence-corrected chi connectivity index (χ3v) is 4.86.